The van der Waals surface area contributed by atoms with E-state index in [9.17, 15) is 0 Å². The fourth-order valence-corrected chi connectivity index (χ4v) is 7.70. The van der Waals surface area contributed by atoms with Crippen LogP contribution < -0.4 is 4.90 Å². The molecule has 1 heteroatoms. The quantitative estimate of drug-likeness (QED) is 0.145. The topological polar surface area (TPSA) is 3.24 Å². The number of nitrogens with zero attached hydrogens (tertiary/aromatic N) is 1. The van der Waals surface area contributed by atoms with Gasteiger partial charge < -0.3 is 4.90 Å². The summed E-state index contributed by atoms with van der Waals surface area (Å²) in [6, 6.07) is 85.0. The van der Waals surface area contributed by atoms with Gasteiger partial charge in [0, 0.05) is 22.5 Å². The molecule has 0 amide bonds. The van der Waals surface area contributed by atoms with E-state index in [1.54, 1.807) is 0 Å². The third-order valence-corrected chi connectivity index (χ3v) is 10.3. The molecule has 9 aromatic rings. The molecular formula is C54H39N. The van der Waals surface area contributed by atoms with Crippen molar-refractivity contribution in [2.75, 3.05) is 4.90 Å². The molecule has 0 spiro atoms. The highest BCUT2D eigenvalue weighted by Crippen LogP contribution is 2.48. The minimum Gasteiger partial charge on any atom is -0.309 e. The molecule has 0 aliphatic rings. The van der Waals surface area contributed by atoms with Crippen LogP contribution in [0.1, 0.15) is 0 Å². The van der Waals surface area contributed by atoms with Crippen LogP contribution in [0.5, 0.6) is 0 Å². The first kappa shape index (κ1) is 33.6. The summed E-state index contributed by atoms with van der Waals surface area (Å²) >= 11 is 0. The Kier molecular flexibility index (Phi) is 9.41. The van der Waals surface area contributed by atoms with Crippen LogP contribution >= 0.6 is 0 Å². The van der Waals surface area contributed by atoms with Gasteiger partial charge in [-0.05, 0) is 79.9 Å². The van der Waals surface area contributed by atoms with Crippen LogP contribution in [-0.4, -0.2) is 0 Å². The van der Waals surface area contributed by atoms with Crippen LogP contribution in [0.25, 0.3) is 66.8 Å². The highest BCUT2D eigenvalue weighted by Gasteiger charge is 2.22. The molecular weight excluding hydrogens is 663 g/mol. The Morgan fingerprint density at radius 3 is 1.04 bits per heavy atom. The molecule has 1 nitrogen and oxygen atoms in total. The monoisotopic (exact) mass is 701 g/mol. The molecule has 0 unspecified atom stereocenters. The summed E-state index contributed by atoms with van der Waals surface area (Å²) in [7, 11) is 0. The highest BCUT2D eigenvalue weighted by molar-refractivity contribution is 5.98. The average molecular weight is 702 g/mol. The van der Waals surface area contributed by atoms with E-state index < -0.39 is 0 Å². The molecule has 0 heterocycles. The third-order valence-electron chi connectivity index (χ3n) is 10.3. The normalized spacial score (nSPS) is 10.9. The smallest absolute Gasteiger partial charge is 0.0618 e. The van der Waals surface area contributed by atoms with Crippen LogP contribution in [0, 0.1) is 0 Å². The second-order valence-electron chi connectivity index (χ2n) is 13.7. The molecule has 55 heavy (non-hydrogen) atoms. The highest BCUT2D eigenvalue weighted by atomic mass is 15.1. The Balaban J connectivity index is 1.23. The van der Waals surface area contributed by atoms with Gasteiger partial charge in [0.25, 0.3) is 0 Å². The summed E-state index contributed by atoms with van der Waals surface area (Å²) in [5.41, 5.74) is 17.6. The predicted molar refractivity (Wildman–Crippen MR) is 234 cm³/mol. The molecule has 0 fully saturated rings. The Hall–Kier alpha value is -7.22. The van der Waals surface area contributed by atoms with Crippen molar-refractivity contribution in [3.8, 4) is 66.8 Å². The first-order chi connectivity index (χ1) is 27.3. The molecule has 0 aliphatic heterocycles. The Morgan fingerprint density at radius 2 is 0.545 bits per heavy atom. The number of hydrogen-bond donors (Lipinski definition) is 0. The Bertz CT molecular complexity index is 2610. The molecule has 260 valence electrons. The van der Waals surface area contributed by atoms with Gasteiger partial charge in [0.05, 0.1) is 5.69 Å². The van der Waals surface area contributed by atoms with Gasteiger partial charge >= 0.3 is 0 Å². The van der Waals surface area contributed by atoms with Crippen molar-refractivity contribution in [2.45, 2.75) is 0 Å². The van der Waals surface area contributed by atoms with Crippen molar-refractivity contribution < 1.29 is 0 Å². The van der Waals surface area contributed by atoms with E-state index in [1.807, 2.05) is 0 Å². The fraction of sp³-hybridized carbons (Fsp3) is 0. The van der Waals surface area contributed by atoms with Gasteiger partial charge in [0.1, 0.15) is 0 Å². The Labute approximate surface area is 324 Å². The second kappa shape index (κ2) is 15.4. The zero-order valence-electron chi connectivity index (χ0n) is 30.5. The summed E-state index contributed by atoms with van der Waals surface area (Å²) in [6.07, 6.45) is 0. The van der Waals surface area contributed by atoms with E-state index in [2.05, 4.69) is 241 Å². The summed E-state index contributed by atoms with van der Waals surface area (Å²) in [5.74, 6) is 0. The van der Waals surface area contributed by atoms with Gasteiger partial charge in [-0.15, -0.1) is 0 Å². The van der Waals surface area contributed by atoms with Gasteiger partial charge in [-0.3, -0.25) is 0 Å². The van der Waals surface area contributed by atoms with E-state index in [0.717, 1.165) is 17.1 Å². The zero-order valence-corrected chi connectivity index (χ0v) is 30.5. The standard InChI is InChI=1S/C54H39N/c1-5-19-40(20-6-1)45-27-17-28-47(39-45)55(54-50(42-23-9-3-10-24-42)33-18-34-51(54)43-25-11-4-12-26-43)46-37-35-44(36-38-46)49-30-14-16-32-53(49)52-31-15-13-29-48(52)41-21-7-2-8-22-41/h1-39H. The van der Waals surface area contributed by atoms with Gasteiger partial charge in [0.2, 0.25) is 0 Å². The van der Waals surface area contributed by atoms with Crippen molar-refractivity contribution in [3.63, 3.8) is 0 Å². The molecule has 0 saturated heterocycles. The number of rotatable bonds is 9. The van der Waals surface area contributed by atoms with Crippen LogP contribution in [-0.2, 0) is 0 Å². The van der Waals surface area contributed by atoms with E-state index in [-0.39, 0.29) is 0 Å². The van der Waals surface area contributed by atoms with Gasteiger partial charge in [0.15, 0.2) is 0 Å². The molecule has 0 aliphatic carbocycles. The fourth-order valence-electron chi connectivity index (χ4n) is 7.70. The van der Waals surface area contributed by atoms with Gasteiger partial charge in [-0.2, -0.15) is 0 Å². The van der Waals surface area contributed by atoms with Crippen LogP contribution in [0.4, 0.5) is 17.1 Å². The number of para-hydroxylation sites is 1. The molecule has 0 N–H and O–H groups in total. The van der Waals surface area contributed by atoms with Crippen molar-refractivity contribution in [3.05, 3.63) is 237 Å². The Morgan fingerprint density at radius 1 is 0.200 bits per heavy atom. The van der Waals surface area contributed by atoms with E-state index in [4.69, 9.17) is 0 Å². The summed E-state index contributed by atoms with van der Waals surface area (Å²) in [4.78, 5) is 2.44. The van der Waals surface area contributed by atoms with Crippen molar-refractivity contribution >= 4 is 17.1 Å². The zero-order chi connectivity index (χ0) is 36.8. The van der Waals surface area contributed by atoms with Crippen LogP contribution in [0.2, 0.25) is 0 Å². The second-order valence-corrected chi connectivity index (χ2v) is 13.7. The van der Waals surface area contributed by atoms with Crippen molar-refractivity contribution in [1.82, 2.24) is 0 Å². The SMILES string of the molecule is c1ccc(-c2cccc(N(c3ccc(-c4ccccc4-c4ccccc4-c4ccccc4)cc3)c3c(-c4ccccc4)cccc3-c3ccccc3)c2)cc1. The van der Waals surface area contributed by atoms with Crippen LogP contribution in [0.3, 0.4) is 0 Å². The molecule has 9 aromatic carbocycles. The lowest BCUT2D eigenvalue weighted by atomic mass is 9.89. The number of anilines is 3. The minimum atomic E-state index is 1.08. The third kappa shape index (κ3) is 6.88. The van der Waals surface area contributed by atoms with Gasteiger partial charge in [-0.1, -0.05) is 212 Å². The maximum Gasteiger partial charge on any atom is 0.0618 e. The molecule has 0 radical (unpaired) electrons. The van der Waals surface area contributed by atoms with Crippen LogP contribution in [0.15, 0.2) is 237 Å². The molecule has 9 rings (SSSR count). The minimum absolute atomic E-state index is 1.08. The summed E-state index contributed by atoms with van der Waals surface area (Å²) in [5, 5.41) is 0. The van der Waals surface area contributed by atoms with Gasteiger partial charge in [-0.25, -0.2) is 0 Å². The lowest BCUT2D eigenvalue weighted by Gasteiger charge is -2.31. The predicted octanol–water partition coefficient (Wildman–Crippen LogP) is 15.2. The summed E-state index contributed by atoms with van der Waals surface area (Å²) < 4.78 is 0. The molecule has 0 aromatic heterocycles. The van der Waals surface area contributed by atoms with Crippen molar-refractivity contribution in [1.29, 1.82) is 0 Å². The van der Waals surface area contributed by atoms with E-state index in [1.165, 1.54) is 66.8 Å². The molecule has 0 bridgehead atoms. The maximum absolute atomic E-state index is 2.44. The van der Waals surface area contributed by atoms with Crippen molar-refractivity contribution in [2.24, 2.45) is 0 Å². The largest absolute Gasteiger partial charge is 0.309 e. The van der Waals surface area contributed by atoms with E-state index in [0.29, 0.717) is 0 Å². The summed E-state index contributed by atoms with van der Waals surface area (Å²) in [6.45, 7) is 0. The number of hydrogen-bond acceptors (Lipinski definition) is 1. The molecule has 0 saturated carbocycles. The average Bonchev–Trinajstić information content (AvgIpc) is 3.28. The lowest BCUT2D eigenvalue weighted by molar-refractivity contribution is 1.28. The van der Waals surface area contributed by atoms with E-state index >= 15 is 0 Å². The maximum atomic E-state index is 2.44. The first-order valence-corrected chi connectivity index (χ1v) is 18.9. The molecule has 0 atom stereocenters. The lowest BCUT2D eigenvalue weighted by Crippen LogP contribution is -2.13. The first-order valence-electron chi connectivity index (χ1n) is 18.9. The number of benzene rings is 9.